The van der Waals surface area contributed by atoms with Crippen molar-refractivity contribution in [3.63, 3.8) is 0 Å². The minimum atomic E-state index is 0.393. The molecule has 0 aliphatic carbocycles. The van der Waals surface area contributed by atoms with Crippen molar-refractivity contribution in [3.05, 3.63) is 21.9 Å². The Bertz CT molecular complexity index is 388. The molecule has 3 nitrogen and oxygen atoms in total. The van der Waals surface area contributed by atoms with Gasteiger partial charge in [-0.3, -0.25) is 4.99 Å². The van der Waals surface area contributed by atoms with Gasteiger partial charge >= 0.3 is 0 Å². The van der Waals surface area contributed by atoms with E-state index < -0.39 is 0 Å². The summed E-state index contributed by atoms with van der Waals surface area (Å²) in [4.78, 5) is 7.07. The Kier molecular flexibility index (Phi) is 7.98. The van der Waals surface area contributed by atoms with Crippen molar-refractivity contribution in [2.75, 3.05) is 25.6 Å². The Labute approximate surface area is 125 Å². The summed E-state index contributed by atoms with van der Waals surface area (Å²) in [6, 6.07) is 4.79. The van der Waals surface area contributed by atoms with Crippen molar-refractivity contribution in [3.8, 4) is 0 Å². The maximum absolute atomic E-state index is 4.26. The lowest BCUT2D eigenvalue weighted by molar-refractivity contribution is 0.644. The largest absolute Gasteiger partial charge is 0.356 e. The number of rotatable bonds is 7. The molecule has 0 radical (unpaired) electrons. The number of hydrogen-bond donors (Lipinski definition) is 2. The Balaban J connectivity index is 2.30. The molecule has 0 spiro atoms. The summed E-state index contributed by atoms with van der Waals surface area (Å²) in [6.45, 7) is 5.33. The Morgan fingerprint density at radius 3 is 2.84 bits per heavy atom. The Morgan fingerprint density at radius 1 is 1.47 bits per heavy atom. The van der Waals surface area contributed by atoms with Crippen LogP contribution in [0, 0.1) is 6.92 Å². The lowest BCUT2D eigenvalue weighted by Gasteiger charge is -2.17. The molecule has 0 aliphatic rings. The fourth-order valence-electron chi connectivity index (χ4n) is 1.80. The highest BCUT2D eigenvalue weighted by molar-refractivity contribution is 7.98. The monoisotopic (exact) mass is 299 g/mol. The molecule has 0 bridgehead atoms. The molecule has 1 heterocycles. The van der Waals surface area contributed by atoms with Gasteiger partial charge in [0.25, 0.3) is 0 Å². The molecular formula is C14H25N3S2. The van der Waals surface area contributed by atoms with Crippen molar-refractivity contribution in [1.82, 2.24) is 10.6 Å². The van der Waals surface area contributed by atoms with E-state index in [2.05, 4.69) is 47.9 Å². The van der Waals surface area contributed by atoms with Crippen LogP contribution in [-0.4, -0.2) is 37.6 Å². The van der Waals surface area contributed by atoms with Crippen LogP contribution in [0.1, 0.15) is 23.1 Å². The van der Waals surface area contributed by atoms with Crippen LogP contribution in [0.2, 0.25) is 0 Å². The molecule has 108 valence electrons. The van der Waals surface area contributed by atoms with Crippen LogP contribution in [0.3, 0.4) is 0 Å². The fraction of sp³-hybridized carbons (Fsp3) is 0.643. The molecule has 1 rings (SSSR count). The molecule has 0 amide bonds. The standard InChI is InChI=1S/C14H25N3S2/c1-11(10-13-7-6-12(2)19-13)17-14(15-3)16-8-5-9-18-4/h6-7,11H,5,8-10H2,1-4H3,(H2,15,16,17). The third-order valence-corrected chi connectivity index (χ3v) is 4.45. The average Bonchev–Trinajstić information content (AvgIpc) is 2.78. The molecule has 1 aromatic rings. The number of nitrogens with zero attached hydrogens (tertiary/aromatic N) is 1. The molecule has 19 heavy (non-hydrogen) atoms. The first-order valence-electron chi connectivity index (χ1n) is 6.67. The molecule has 5 heteroatoms. The maximum Gasteiger partial charge on any atom is 0.191 e. The van der Waals surface area contributed by atoms with Gasteiger partial charge in [0.05, 0.1) is 0 Å². The summed E-state index contributed by atoms with van der Waals surface area (Å²) in [6.07, 6.45) is 4.35. The van der Waals surface area contributed by atoms with E-state index >= 15 is 0 Å². The zero-order valence-corrected chi connectivity index (χ0v) is 14.0. The molecule has 0 saturated carbocycles. The minimum Gasteiger partial charge on any atom is -0.356 e. The summed E-state index contributed by atoms with van der Waals surface area (Å²) in [5, 5.41) is 6.80. The van der Waals surface area contributed by atoms with E-state index in [0.29, 0.717) is 6.04 Å². The highest BCUT2D eigenvalue weighted by atomic mass is 32.2. The van der Waals surface area contributed by atoms with Crippen LogP contribution in [0.25, 0.3) is 0 Å². The predicted molar refractivity (Wildman–Crippen MR) is 89.7 cm³/mol. The van der Waals surface area contributed by atoms with Crippen LogP contribution in [0.4, 0.5) is 0 Å². The summed E-state index contributed by atoms with van der Waals surface area (Å²) >= 11 is 3.75. The summed E-state index contributed by atoms with van der Waals surface area (Å²) in [5.74, 6) is 2.09. The lowest BCUT2D eigenvalue weighted by Crippen LogP contribution is -2.43. The third kappa shape index (κ3) is 6.87. The first-order valence-corrected chi connectivity index (χ1v) is 8.88. The fourth-order valence-corrected chi connectivity index (χ4v) is 3.25. The van der Waals surface area contributed by atoms with Gasteiger partial charge in [-0.25, -0.2) is 0 Å². The highest BCUT2D eigenvalue weighted by Gasteiger charge is 2.07. The SMILES string of the molecule is CN=C(NCCCSC)NC(C)Cc1ccc(C)s1. The van der Waals surface area contributed by atoms with Gasteiger partial charge in [0.15, 0.2) is 5.96 Å². The van der Waals surface area contributed by atoms with Gasteiger partial charge in [0, 0.05) is 35.8 Å². The summed E-state index contributed by atoms with van der Waals surface area (Å²) in [5.41, 5.74) is 0. The van der Waals surface area contributed by atoms with E-state index in [9.17, 15) is 0 Å². The van der Waals surface area contributed by atoms with Crippen molar-refractivity contribution < 1.29 is 0 Å². The number of thioether (sulfide) groups is 1. The summed E-state index contributed by atoms with van der Waals surface area (Å²) in [7, 11) is 1.83. The number of aliphatic imine (C=N–C) groups is 1. The first-order chi connectivity index (χ1) is 9.15. The Hall–Kier alpha value is -0.680. The molecular weight excluding hydrogens is 274 g/mol. The van der Waals surface area contributed by atoms with Crippen LogP contribution < -0.4 is 10.6 Å². The molecule has 0 saturated heterocycles. The van der Waals surface area contributed by atoms with Crippen molar-refractivity contribution >= 4 is 29.1 Å². The lowest BCUT2D eigenvalue weighted by atomic mass is 10.2. The van der Waals surface area contributed by atoms with E-state index in [-0.39, 0.29) is 0 Å². The molecule has 0 fully saturated rings. The maximum atomic E-state index is 4.26. The highest BCUT2D eigenvalue weighted by Crippen LogP contribution is 2.16. The third-order valence-electron chi connectivity index (χ3n) is 2.73. The normalized spacial score (nSPS) is 13.4. The van der Waals surface area contributed by atoms with Crippen LogP contribution in [0.15, 0.2) is 17.1 Å². The second-order valence-corrected chi connectivity index (χ2v) is 6.97. The molecule has 1 atom stereocenters. The van der Waals surface area contributed by atoms with Gasteiger partial charge < -0.3 is 10.6 Å². The number of nitrogens with one attached hydrogen (secondary N) is 2. The molecule has 0 aliphatic heterocycles. The number of thiophene rings is 1. The molecule has 2 N–H and O–H groups in total. The van der Waals surface area contributed by atoms with E-state index in [1.54, 1.807) is 0 Å². The van der Waals surface area contributed by atoms with Gasteiger partial charge in [-0.15, -0.1) is 11.3 Å². The second kappa shape index (κ2) is 9.26. The van der Waals surface area contributed by atoms with Crippen LogP contribution in [0.5, 0.6) is 0 Å². The van der Waals surface area contributed by atoms with Crippen molar-refractivity contribution in [2.24, 2.45) is 4.99 Å². The molecule has 1 unspecified atom stereocenters. The van der Waals surface area contributed by atoms with Gasteiger partial charge in [-0.05, 0) is 44.4 Å². The van der Waals surface area contributed by atoms with E-state index in [1.165, 1.54) is 21.9 Å². The quantitative estimate of drug-likeness (QED) is 0.462. The van der Waals surface area contributed by atoms with Crippen LogP contribution in [-0.2, 0) is 6.42 Å². The topological polar surface area (TPSA) is 36.4 Å². The van der Waals surface area contributed by atoms with Gasteiger partial charge in [-0.1, -0.05) is 0 Å². The molecule has 0 aromatic carbocycles. The number of aryl methyl sites for hydroxylation is 1. The predicted octanol–water partition coefficient (Wildman–Crippen LogP) is 2.91. The van der Waals surface area contributed by atoms with Crippen molar-refractivity contribution in [1.29, 1.82) is 0 Å². The second-order valence-electron chi connectivity index (χ2n) is 4.61. The number of guanidine groups is 1. The van der Waals surface area contributed by atoms with Crippen molar-refractivity contribution in [2.45, 2.75) is 32.7 Å². The Morgan fingerprint density at radius 2 is 2.26 bits per heavy atom. The smallest absolute Gasteiger partial charge is 0.191 e. The van der Waals surface area contributed by atoms with Gasteiger partial charge in [-0.2, -0.15) is 11.8 Å². The van der Waals surface area contributed by atoms with Gasteiger partial charge in [0.2, 0.25) is 0 Å². The zero-order chi connectivity index (χ0) is 14.1. The minimum absolute atomic E-state index is 0.393. The summed E-state index contributed by atoms with van der Waals surface area (Å²) < 4.78 is 0. The average molecular weight is 300 g/mol. The van der Waals surface area contributed by atoms with E-state index in [0.717, 1.165) is 18.9 Å². The first kappa shape index (κ1) is 16.4. The van der Waals surface area contributed by atoms with E-state index in [4.69, 9.17) is 0 Å². The van der Waals surface area contributed by atoms with Gasteiger partial charge in [0.1, 0.15) is 0 Å². The molecule has 1 aromatic heterocycles. The van der Waals surface area contributed by atoms with E-state index in [1.807, 2.05) is 30.1 Å². The zero-order valence-electron chi connectivity index (χ0n) is 12.3. The number of hydrogen-bond acceptors (Lipinski definition) is 3. The van der Waals surface area contributed by atoms with Crippen LogP contribution >= 0.6 is 23.1 Å².